The summed E-state index contributed by atoms with van der Waals surface area (Å²) < 4.78 is 5.45. The summed E-state index contributed by atoms with van der Waals surface area (Å²) in [5.74, 6) is 0.0321. The van der Waals surface area contributed by atoms with E-state index in [9.17, 15) is 4.79 Å². The molecular formula is C22H28N2O3. The zero-order chi connectivity index (χ0) is 19.2. The number of ether oxygens (including phenoxy) is 1. The van der Waals surface area contributed by atoms with Gasteiger partial charge >= 0.3 is 6.09 Å². The maximum Gasteiger partial charge on any atom is 0.431 e. The van der Waals surface area contributed by atoms with E-state index < -0.39 is 6.09 Å². The van der Waals surface area contributed by atoms with Gasteiger partial charge in [-0.2, -0.15) is 5.48 Å². The van der Waals surface area contributed by atoms with Crippen LogP contribution in [0.25, 0.3) is 11.1 Å². The molecule has 0 heterocycles. The number of hydrogen-bond donors (Lipinski definition) is 2. The summed E-state index contributed by atoms with van der Waals surface area (Å²) in [4.78, 5) is 16.9. The molecule has 0 saturated heterocycles. The van der Waals surface area contributed by atoms with Crippen molar-refractivity contribution in [3.05, 3.63) is 58.7 Å². The van der Waals surface area contributed by atoms with Crippen molar-refractivity contribution in [3.63, 3.8) is 0 Å². The molecule has 1 amide bonds. The SMILES string of the molecule is CCCONC(=O)OCC1c2cc(CCCN)ccc2-c2c(C)cccc21. The normalized spacial score (nSPS) is 14.6. The summed E-state index contributed by atoms with van der Waals surface area (Å²) in [5, 5.41) is 0. The van der Waals surface area contributed by atoms with Gasteiger partial charge in [0.05, 0.1) is 6.61 Å². The van der Waals surface area contributed by atoms with Crippen LogP contribution in [0.4, 0.5) is 4.79 Å². The zero-order valence-electron chi connectivity index (χ0n) is 16.1. The van der Waals surface area contributed by atoms with Gasteiger partial charge in [-0.1, -0.05) is 43.3 Å². The van der Waals surface area contributed by atoms with Crippen molar-refractivity contribution in [2.24, 2.45) is 5.73 Å². The standard InChI is InChI=1S/C22H28N2O3/c1-3-12-27-24-22(25)26-14-20-17-8-4-6-15(2)21(17)18-10-9-16(7-5-11-23)13-19(18)20/h4,6,8-10,13,20H,3,5,7,11-12,14,23H2,1-2H3,(H,24,25). The number of aryl methyl sites for hydroxylation is 2. The van der Waals surface area contributed by atoms with E-state index in [1.54, 1.807) is 0 Å². The Bertz CT molecular complexity index is 804. The fraction of sp³-hybridized carbons (Fsp3) is 0.409. The molecule has 3 N–H and O–H groups in total. The smallest absolute Gasteiger partial charge is 0.431 e. The lowest BCUT2D eigenvalue weighted by Crippen LogP contribution is -2.26. The number of carbonyl (C=O) groups is 1. The van der Waals surface area contributed by atoms with Gasteiger partial charge in [-0.05, 0) is 66.1 Å². The van der Waals surface area contributed by atoms with Crippen molar-refractivity contribution >= 4 is 6.09 Å². The maximum absolute atomic E-state index is 11.9. The molecule has 0 saturated carbocycles. The molecule has 0 aliphatic heterocycles. The molecule has 0 spiro atoms. The van der Waals surface area contributed by atoms with Crippen molar-refractivity contribution in [3.8, 4) is 11.1 Å². The van der Waals surface area contributed by atoms with Gasteiger partial charge < -0.3 is 10.5 Å². The Morgan fingerprint density at radius 1 is 1.22 bits per heavy atom. The number of hydrogen-bond acceptors (Lipinski definition) is 4. The van der Waals surface area contributed by atoms with E-state index in [-0.39, 0.29) is 12.5 Å². The van der Waals surface area contributed by atoms with Crippen molar-refractivity contribution < 1.29 is 14.4 Å². The molecule has 5 heteroatoms. The van der Waals surface area contributed by atoms with E-state index in [0.717, 1.165) is 19.3 Å². The first-order chi connectivity index (χ1) is 13.2. The largest absolute Gasteiger partial charge is 0.447 e. The number of amides is 1. The minimum Gasteiger partial charge on any atom is -0.447 e. The lowest BCUT2D eigenvalue weighted by atomic mass is 9.95. The van der Waals surface area contributed by atoms with Gasteiger partial charge in [0, 0.05) is 5.92 Å². The Balaban J connectivity index is 1.83. The van der Waals surface area contributed by atoms with Crippen LogP contribution in [-0.4, -0.2) is 25.9 Å². The Morgan fingerprint density at radius 2 is 2.07 bits per heavy atom. The van der Waals surface area contributed by atoms with Crippen molar-refractivity contribution in [2.45, 2.75) is 39.0 Å². The third kappa shape index (κ3) is 4.31. The molecule has 144 valence electrons. The first-order valence-electron chi connectivity index (χ1n) is 9.63. The first kappa shape index (κ1) is 19.4. The number of carbonyl (C=O) groups excluding carboxylic acids is 1. The molecule has 3 rings (SSSR count). The quantitative estimate of drug-likeness (QED) is 0.544. The molecule has 1 aliphatic carbocycles. The number of benzene rings is 2. The molecular weight excluding hydrogens is 340 g/mol. The summed E-state index contributed by atoms with van der Waals surface area (Å²) in [6, 6.07) is 12.9. The molecule has 5 nitrogen and oxygen atoms in total. The summed E-state index contributed by atoms with van der Waals surface area (Å²) in [5.41, 5.74) is 15.4. The molecule has 1 aliphatic rings. The van der Waals surface area contributed by atoms with Gasteiger partial charge in [-0.3, -0.25) is 4.84 Å². The van der Waals surface area contributed by atoms with Gasteiger partial charge in [0.25, 0.3) is 0 Å². The van der Waals surface area contributed by atoms with E-state index in [0.29, 0.717) is 13.2 Å². The fourth-order valence-electron chi connectivity index (χ4n) is 3.69. The molecule has 2 aromatic carbocycles. The Hall–Kier alpha value is -2.37. The zero-order valence-corrected chi connectivity index (χ0v) is 16.1. The molecule has 27 heavy (non-hydrogen) atoms. The Morgan fingerprint density at radius 3 is 2.85 bits per heavy atom. The summed E-state index contributed by atoms with van der Waals surface area (Å²) in [7, 11) is 0. The molecule has 1 atom stereocenters. The minimum absolute atomic E-state index is 0.0321. The number of fused-ring (bicyclic) bond motifs is 3. The molecule has 0 radical (unpaired) electrons. The van der Waals surface area contributed by atoms with Gasteiger partial charge in [0.15, 0.2) is 0 Å². The Kier molecular flexibility index (Phi) is 6.48. The van der Waals surface area contributed by atoms with Crippen LogP contribution < -0.4 is 11.2 Å². The highest BCUT2D eigenvalue weighted by Crippen LogP contribution is 2.46. The summed E-state index contributed by atoms with van der Waals surface area (Å²) >= 11 is 0. The van der Waals surface area contributed by atoms with E-state index in [4.69, 9.17) is 15.3 Å². The van der Waals surface area contributed by atoms with Gasteiger partial charge in [-0.25, -0.2) is 4.79 Å². The minimum atomic E-state index is -0.551. The van der Waals surface area contributed by atoms with Gasteiger partial charge in [0.2, 0.25) is 0 Å². The van der Waals surface area contributed by atoms with E-state index in [2.05, 4.69) is 48.8 Å². The fourth-order valence-corrected chi connectivity index (χ4v) is 3.69. The van der Waals surface area contributed by atoms with Crippen LogP contribution in [0.2, 0.25) is 0 Å². The van der Waals surface area contributed by atoms with E-state index in [1.807, 2.05) is 6.92 Å². The predicted octanol–water partition coefficient (Wildman–Crippen LogP) is 4.07. The third-order valence-corrected chi connectivity index (χ3v) is 4.95. The van der Waals surface area contributed by atoms with Crippen LogP contribution in [0.3, 0.4) is 0 Å². The van der Waals surface area contributed by atoms with Crippen molar-refractivity contribution in [2.75, 3.05) is 19.8 Å². The topological polar surface area (TPSA) is 73.6 Å². The highest BCUT2D eigenvalue weighted by molar-refractivity contribution is 5.81. The maximum atomic E-state index is 11.9. The molecule has 0 bridgehead atoms. The number of rotatable bonds is 8. The lowest BCUT2D eigenvalue weighted by molar-refractivity contribution is 0.0274. The van der Waals surface area contributed by atoms with E-state index >= 15 is 0 Å². The second kappa shape index (κ2) is 9.02. The average molecular weight is 368 g/mol. The number of nitrogens with one attached hydrogen (secondary N) is 1. The van der Waals surface area contributed by atoms with Crippen LogP contribution >= 0.6 is 0 Å². The molecule has 2 aromatic rings. The molecule has 0 aromatic heterocycles. The number of nitrogens with two attached hydrogens (primary N) is 1. The third-order valence-electron chi connectivity index (χ3n) is 4.95. The van der Waals surface area contributed by atoms with Gasteiger partial charge in [-0.15, -0.1) is 0 Å². The highest BCUT2D eigenvalue weighted by atomic mass is 16.7. The van der Waals surface area contributed by atoms with Crippen LogP contribution in [-0.2, 0) is 16.0 Å². The lowest BCUT2D eigenvalue weighted by Gasteiger charge is -2.15. The predicted molar refractivity (Wildman–Crippen MR) is 107 cm³/mol. The highest BCUT2D eigenvalue weighted by Gasteiger charge is 2.30. The second-order valence-corrected chi connectivity index (χ2v) is 6.95. The Labute approximate surface area is 160 Å². The monoisotopic (exact) mass is 368 g/mol. The second-order valence-electron chi connectivity index (χ2n) is 6.95. The van der Waals surface area contributed by atoms with Gasteiger partial charge in [0.1, 0.15) is 6.61 Å². The molecule has 1 unspecified atom stereocenters. The average Bonchev–Trinajstić information content (AvgIpc) is 2.99. The van der Waals surface area contributed by atoms with Crippen LogP contribution in [0, 0.1) is 6.92 Å². The van der Waals surface area contributed by atoms with Crippen LogP contribution in [0.1, 0.15) is 47.9 Å². The summed E-state index contributed by atoms with van der Waals surface area (Å²) in [6.45, 7) is 5.53. The van der Waals surface area contributed by atoms with Crippen LogP contribution in [0.15, 0.2) is 36.4 Å². The van der Waals surface area contributed by atoms with Crippen molar-refractivity contribution in [1.29, 1.82) is 0 Å². The number of hydroxylamine groups is 1. The molecule has 0 fully saturated rings. The first-order valence-corrected chi connectivity index (χ1v) is 9.63. The summed E-state index contributed by atoms with van der Waals surface area (Å²) in [6.07, 6.45) is 2.20. The van der Waals surface area contributed by atoms with E-state index in [1.165, 1.54) is 33.4 Å². The van der Waals surface area contributed by atoms with Crippen molar-refractivity contribution in [1.82, 2.24) is 5.48 Å². The van der Waals surface area contributed by atoms with Crippen LogP contribution in [0.5, 0.6) is 0 Å².